The molecule has 0 aliphatic carbocycles. The molecule has 1 amide bonds. The Morgan fingerprint density at radius 3 is 2.94 bits per heavy atom. The highest BCUT2D eigenvalue weighted by Gasteiger charge is 2.33. The maximum absolute atomic E-state index is 13.9. The van der Waals surface area contributed by atoms with Gasteiger partial charge in [-0.05, 0) is 43.2 Å². The second kappa shape index (κ2) is 8.82. The zero-order valence-electron chi connectivity index (χ0n) is 18.6. The molecule has 33 heavy (non-hydrogen) atoms. The number of pyridine rings is 2. The van der Waals surface area contributed by atoms with Crippen molar-refractivity contribution in [3.63, 3.8) is 0 Å². The molecule has 2 atom stereocenters. The van der Waals surface area contributed by atoms with Crippen LogP contribution < -0.4 is 19.9 Å². The maximum atomic E-state index is 13.9. The summed E-state index contributed by atoms with van der Waals surface area (Å²) in [5.41, 5.74) is 3.75. The van der Waals surface area contributed by atoms with Crippen LogP contribution >= 0.6 is 0 Å². The number of benzene rings is 1. The van der Waals surface area contributed by atoms with E-state index in [-0.39, 0.29) is 18.0 Å². The molecule has 5 rings (SSSR count). The number of nitrogens with one attached hydrogen (secondary N) is 1. The van der Waals surface area contributed by atoms with Gasteiger partial charge in [0.15, 0.2) is 0 Å². The molecule has 0 unspecified atom stereocenters. The number of cyclic esters (lactones) is 1. The first-order valence-electron chi connectivity index (χ1n) is 11.0. The molecular weight excluding hydrogens is 425 g/mol. The van der Waals surface area contributed by atoms with Crippen molar-refractivity contribution in [2.24, 2.45) is 0 Å². The van der Waals surface area contributed by atoms with Crippen LogP contribution in [0.4, 0.5) is 20.6 Å². The van der Waals surface area contributed by atoms with Crippen molar-refractivity contribution >= 4 is 28.5 Å². The third-order valence-electron chi connectivity index (χ3n) is 6.25. The highest BCUT2D eigenvalue weighted by Crippen LogP contribution is 2.29. The summed E-state index contributed by atoms with van der Waals surface area (Å²) in [5.74, 6) is 0.232. The number of aryl methyl sites for hydroxylation is 1. The van der Waals surface area contributed by atoms with Gasteiger partial charge in [-0.15, -0.1) is 0 Å². The number of hydrogen-bond acceptors (Lipinski definition) is 7. The third-order valence-corrected chi connectivity index (χ3v) is 6.25. The molecule has 2 aromatic heterocycles. The average Bonchev–Trinajstić information content (AvgIpc) is 3.45. The van der Waals surface area contributed by atoms with Crippen LogP contribution in [-0.4, -0.2) is 61.5 Å². The Morgan fingerprint density at radius 2 is 2.12 bits per heavy atom. The van der Waals surface area contributed by atoms with Gasteiger partial charge in [0.25, 0.3) is 0 Å². The topological polar surface area (TPSA) is 79.8 Å². The Hall–Kier alpha value is -3.46. The van der Waals surface area contributed by atoms with Crippen LogP contribution in [0, 0.1) is 12.7 Å². The number of anilines is 2. The second-order valence-corrected chi connectivity index (χ2v) is 8.44. The highest BCUT2D eigenvalue weighted by atomic mass is 19.1. The van der Waals surface area contributed by atoms with Crippen LogP contribution in [0.15, 0.2) is 42.6 Å². The zero-order valence-corrected chi connectivity index (χ0v) is 18.6. The minimum absolute atomic E-state index is 0.253. The Morgan fingerprint density at radius 1 is 1.24 bits per heavy atom. The summed E-state index contributed by atoms with van der Waals surface area (Å²) in [6.07, 6.45) is 2.03. The van der Waals surface area contributed by atoms with Gasteiger partial charge in [0.05, 0.1) is 30.5 Å². The van der Waals surface area contributed by atoms with Gasteiger partial charge in [-0.1, -0.05) is 6.07 Å². The van der Waals surface area contributed by atoms with Gasteiger partial charge in [-0.25, -0.2) is 14.2 Å². The summed E-state index contributed by atoms with van der Waals surface area (Å²) >= 11 is 0. The van der Waals surface area contributed by atoms with Crippen molar-refractivity contribution in [1.82, 2.24) is 15.3 Å². The quantitative estimate of drug-likeness (QED) is 0.616. The van der Waals surface area contributed by atoms with E-state index in [9.17, 15) is 9.18 Å². The van der Waals surface area contributed by atoms with Crippen molar-refractivity contribution in [2.45, 2.75) is 25.5 Å². The molecular formula is C24H26FN5O3. The number of carbonyl (C=O) groups excluding carboxylic acids is 1. The number of aromatic nitrogens is 2. The van der Waals surface area contributed by atoms with E-state index in [0.29, 0.717) is 30.2 Å². The van der Waals surface area contributed by atoms with Crippen molar-refractivity contribution < 1.29 is 18.7 Å². The number of amides is 1. The SMILES string of the molecule is COc1ccc2nccc(N3CC[C@H](NC[C@@H]4CN(c5ccc(C)c(F)c5)C(=O)O4)C3)c2n1. The van der Waals surface area contributed by atoms with Crippen LogP contribution in [0.3, 0.4) is 0 Å². The van der Waals surface area contributed by atoms with Crippen LogP contribution in [-0.2, 0) is 4.74 Å². The summed E-state index contributed by atoms with van der Waals surface area (Å²) < 4.78 is 24.7. The summed E-state index contributed by atoms with van der Waals surface area (Å²) in [6, 6.07) is 10.7. The molecule has 1 aromatic carbocycles. The lowest BCUT2D eigenvalue weighted by molar-refractivity contribution is 0.138. The fraction of sp³-hybridized carbons (Fsp3) is 0.375. The lowest BCUT2D eigenvalue weighted by atomic mass is 10.2. The summed E-state index contributed by atoms with van der Waals surface area (Å²) in [5, 5.41) is 3.53. The molecule has 8 nitrogen and oxygen atoms in total. The second-order valence-electron chi connectivity index (χ2n) is 8.44. The van der Waals surface area contributed by atoms with E-state index in [0.717, 1.165) is 36.2 Å². The number of methoxy groups -OCH3 is 1. The van der Waals surface area contributed by atoms with E-state index in [4.69, 9.17) is 9.47 Å². The van der Waals surface area contributed by atoms with Crippen molar-refractivity contribution in [3.05, 3.63) is 54.0 Å². The summed E-state index contributed by atoms with van der Waals surface area (Å²) in [4.78, 5) is 25.1. The number of fused-ring (bicyclic) bond motifs is 1. The predicted molar refractivity (Wildman–Crippen MR) is 123 cm³/mol. The summed E-state index contributed by atoms with van der Waals surface area (Å²) in [7, 11) is 1.60. The monoisotopic (exact) mass is 451 g/mol. The molecule has 0 bridgehead atoms. The normalized spacial score (nSPS) is 20.5. The predicted octanol–water partition coefficient (Wildman–Crippen LogP) is 3.28. The van der Waals surface area contributed by atoms with Crippen LogP contribution in [0.5, 0.6) is 5.88 Å². The van der Waals surface area contributed by atoms with Gasteiger partial charge in [-0.3, -0.25) is 9.88 Å². The Labute approximate surface area is 191 Å². The lowest BCUT2D eigenvalue weighted by Gasteiger charge is -2.21. The van der Waals surface area contributed by atoms with Crippen LogP contribution in [0.2, 0.25) is 0 Å². The molecule has 2 aliphatic heterocycles. The van der Waals surface area contributed by atoms with E-state index < -0.39 is 6.09 Å². The molecule has 0 saturated carbocycles. The van der Waals surface area contributed by atoms with E-state index in [2.05, 4.69) is 20.2 Å². The third kappa shape index (κ3) is 4.28. The Bertz CT molecular complexity index is 1190. The van der Waals surface area contributed by atoms with Crippen molar-refractivity contribution in [3.8, 4) is 5.88 Å². The first kappa shape index (κ1) is 21.4. The molecule has 2 saturated heterocycles. The van der Waals surface area contributed by atoms with Gasteiger partial charge < -0.3 is 19.7 Å². The van der Waals surface area contributed by atoms with E-state index in [1.54, 1.807) is 32.4 Å². The van der Waals surface area contributed by atoms with E-state index in [1.807, 2.05) is 18.2 Å². The minimum atomic E-state index is -0.443. The molecule has 4 heterocycles. The van der Waals surface area contributed by atoms with Gasteiger partial charge in [0.2, 0.25) is 5.88 Å². The number of carbonyl (C=O) groups is 1. The maximum Gasteiger partial charge on any atom is 0.414 e. The Kier molecular flexibility index (Phi) is 5.72. The number of halogens is 1. The standard InChI is InChI=1S/C24H26FN5O3/c1-15-3-4-17(11-19(15)25)30-14-18(33-24(30)31)12-27-16-8-10-29(13-16)21-7-9-26-20-5-6-22(32-2)28-23(20)21/h3-7,9,11,16,18,27H,8,10,12-14H2,1-2H3/t16-,18+/m0/s1. The number of nitrogens with zero attached hydrogens (tertiary/aromatic N) is 4. The van der Waals surface area contributed by atoms with Crippen molar-refractivity contribution in [1.29, 1.82) is 0 Å². The minimum Gasteiger partial charge on any atom is -0.481 e. The van der Waals surface area contributed by atoms with E-state index >= 15 is 0 Å². The van der Waals surface area contributed by atoms with Crippen LogP contribution in [0.25, 0.3) is 11.0 Å². The highest BCUT2D eigenvalue weighted by molar-refractivity contribution is 5.90. The van der Waals surface area contributed by atoms with Crippen LogP contribution in [0.1, 0.15) is 12.0 Å². The van der Waals surface area contributed by atoms with Gasteiger partial charge >= 0.3 is 6.09 Å². The summed E-state index contributed by atoms with van der Waals surface area (Å²) in [6.45, 7) is 4.32. The average molecular weight is 452 g/mol. The molecule has 2 fully saturated rings. The smallest absolute Gasteiger partial charge is 0.414 e. The van der Waals surface area contributed by atoms with Gasteiger partial charge in [0.1, 0.15) is 17.4 Å². The van der Waals surface area contributed by atoms with Gasteiger partial charge in [0, 0.05) is 37.9 Å². The molecule has 0 radical (unpaired) electrons. The molecule has 1 N–H and O–H groups in total. The zero-order chi connectivity index (χ0) is 22.9. The molecule has 2 aliphatic rings. The fourth-order valence-electron chi connectivity index (χ4n) is 4.39. The first-order chi connectivity index (χ1) is 16.0. The fourth-order valence-corrected chi connectivity index (χ4v) is 4.39. The van der Waals surface area contributed by atoms with Gasteiger partial charge in [-0.2, -0.15) is 0 Å². The van der Waals surface area contributed by atoms with E-state index in [1.165, 1.54) is 11.0 Å². The first-order valence-corrected chi connectivity index (χ1v) is 11.0. The number of hydrogen-bond donors (Lipinski definition) is 1. The molecule has 172 valence electrons. The number of ether oxygens (including phenoxy) is 2. The largest absolute Gasteiger partial charge is 0.481 e. The molecule has 9 heteroatoms. The molecule has 0 spiro atoms. The number of rotatable bonds is 6. The lowest BCUT2D eigenvalue weighted by Crippen LogP contribution is -2.39. The Balaban J connectivity index is 1.20. The molecule has 3 aromatic rings. The van der Waals surface area contributed by atoms with Crippen molar-refractivity contribution in [2.75, 3.05) is 43.1 Å².